The molecule has 1 aliphatic heterocycles. The molecule has 8 nitrogen and oxygen atoms in total. The van der Waals surface area contributed by atoms with E-state index in [9.17, 15) is 23.4 Å². The fourth-order valence-electron chi connectivity index (χ4n) is 2.10. The topological polar surface area (TPSA) is 147 Å². The number of primary amides is 1. The van der Waals surface area contributed by atoms with Crippen molar-refractivity contribution in [1.82, 2.24) is 0 Å². The van der Waals surface area contributed by atoms with Crippen molar-refractivity contribution in [3.8, 4) is 0 Å². The summed E-state index contributed by atoms with van der Waals surface area (Å²) >= 11 is 0.847. The van der Waals surface area contributed by atoms with Crippen LogP contribution in [0.3, 0.4) is 0 Å². The van der Waals surface area contributed by atoms with E-state index in [2.05, 4.69) is 0 Å². The maximum atomic E-state index is 11.9. The number of sulfone groups is 1. The number of carbonyl (C=O) groups excluding carboxylic acids is 1. The number of hydrogen-bond acceptors (Lipinski definition) is 8. The molecule has 112 valence electrons. The van der Waals surface area contributed by atoms with Gasteiger partial charge in [0.25, 0.3) is 5.91 Å². The maximum absolute atomic E-state index is 11.9. The number of rotatable bonds is 3. The van der Waals surface area contributed by atoms with Gasteiger partial charge in [-0.15, -0.1) is 11.3 Å². The molecular weight excluding hydrogens is 306 g/mol. The Morgan fingerprint density at radius 3 is 2.25 bits per heavy atom. The van der Waals surface area contributed by atoms with E-state index in [0.717, 1.165) is 17.6 Å². The highest BCUT2D eigenvalue weighted by molar-refractivity contribution is 7.91. The second-order valence-electron chi connectivity index (χ2n) is 4.66. The minimum Gasteiger partial charge on any atom is -0.396 e. The molecule has 0 radical (unpaired) electrons. The van der Waals surface area contributed by atoms with Gasteiger partial charge < -0.3 is 26.6 Å². The molecule has 0 aromatic carbocycles. The van der Waals surface area contributed by atoms with Crippen molar-refractivity contribution in [2.75, 3.05) is 30.0 Å². The number of nitrogens with zero attached hydrogens (tertiary/aromatic N) is 1. The predicted molar refractivity (Wildman–Crippen MR) is 74.6 cm³/mol. The second kappa shape index (κ2) is 4.88. The fourth-order valence-corrected chi connectivity index (χ4v) is 4.68. The summed E-state index contributed by atoms with van der Waals surface area (Å²) in [6.45, 7) is 0.115. The molecule has 2 rings (SSSR count). The van der Waals surface area contributed by atoms with Gasteiger partial charge in [0, 0.05) is 19.3 Å². The standard InChI is InChI=1S/C10H15N3O5S2/c1-20(17,18)8-6(11)7(9(12)16)19-10(8)13-2-4(14)5(15)3-13/h4-5,14-15H,2-3,11H2,1H3,(H2,12,16). The van der Waals surface area contributed by atoms with Crippen LogP contribution in [0.2, 0.25) is 0 Å². The lowest BCUT2D eigenvalue weighted by molar-refractivity contribution is 0.0572. The van der Waals surface area contributed by atoms with Gasteiger partial charge in [0.15, 0.2) is 9.84 Å². The molecule has 0 aliphatic carbocycles. The normalized spacial score (nSPS) is 23.2. The van der Waals surface area contributed by atoms with Gasteiger partial charge in [0.05, 0.1) is 17.9 Å². The van der Waals surface area contributed by atoms with Gasteiger partial charge in [0.1, 0.15) is 14.8 Å². The zero-order valence-corrected chi connectivity index (χ0v) is 12.2. The smallest absolute Gasteiger partial charge is 0.261 e. The van der Waals surface area contributed by atoms with E-state index in [1.54, 1.807) is 0 Å². The summed E-state index contributed by atoms with van der Waals surface area (Å²) < 4.78 is 23.7. The van der Waals surface area contributed by atoms with E-state index in [1.165, 1.54) is 4.90 Å². The molecule has 2 atom stereocenters. The van der Waals surface area contributed by atoms with Crippen LogP contribution in [-0.2, 0) is 9.84 Å². The van der Waals surface area contributed by atoms with Crippen LogP contribution < -0.4 is 16.4 Å². The van der Waals surface area contributed by atoms with Crippen LogP contribution in [0.5, 0.6) is 0 Å². The Bertz CT molecular complexity index is 644. The average molecular weight is 321 g/mol. The Labute approximate surface area is 119 Å². The second-order valence-corrected chi connectivity index (χ2v) is 7.61. The van der Waals surface area contributed by atoms with Crippen molar-refractivity contribution in [3.63, 3.8) is 0 Å². The molecule has 1 aromatic heterocycles. The first-order valence-electron chi connectivity index (χ1n) is 5.66. The lowest BCUT2D eigenvalue weighted by atomic mass is 10.3. The number of anilines is 2. The fraction of sp³-hybridized carbons (Fsp3) is 0.500. The summed E-state index contributed by atoms with van der Waals surface area (Å²) in [5, 5.41) is 19.3. The third-order valence-electron chi connectivity index (χ3n) is 3.02. The molecule has 1 amide bonds. The van der Waals surface area contributed by atoms with E-state index >= 15 is 0 Å². The molecule has 1 aliphatic rings. The molecule has 2 heterocycles. The van der Waals surface area contributed by atoms with Crippen molar-refractivity contribution in [2.45, 2.75) is 17.1 Å². The highest BCUT2D eigenvalue weighted by atomic mass is 32.2. The van der Waals surface area contributed by atoms with E-state index in [4.69, 9.17) is 11.5 Å². The number of hydrogen-bond donors (Lipinski definition) is 4. The van der Waals surface area contributed by atoms with Crippen molar-refractivity contribution in [1.29, 1.82) is 0 Å². The van der Waals surface area contributed by atoms with E-state index < -0.39 is 28.0 Å². The number of thiophene rings is 1. The highest BCUT2D eigenvalue weighted by Gasteiger charge is 2.35. The van der Waals surface area contributed by atoms with Gasteiger partial charge in [-0.05, 0) is 0 Å². The van der Waals surface area contributed by atoms with Crippen LogP contribution >= 0.6 is 11.3 Å². The highest BCUT2D eigenvalue weighted by Crippen LogP contribution is 2.42. The monoisotopic (exact) mass is 321 g/mol. The number of nitrogen functional groups attached to an aromatic ring is 1. The summed E-state index contributed by atoms with van der Waals surface area (Å²) in [4.78, 5) is 12.6. The zero-order chi connectivity index (χ0) is 15.2. The number of aliphatic hydroxyl groups is 2. The summed E-state index contributed by atoms with van der Waals surface area (Å²) in [6.07, 6.45) is -0.992. The van der Waals surface area contributed by atoms with Gasteiger partial charge in [-0.2, -0.15) is 0 Å². The van der Waals surface area contributed by atoms with Crippen LogP contribution in [-0.4, -0.2) is 56.1 Å². The lowest BCUT2D eigenvalue weighted by Gasteiger charge is -2.16. The molecule has 6 N–H and O–H groups in total. The largest absolute Gasteiger partial charge is 0.396 e. The summed E-state index contributed by atoms with van der Waals surface area (Å²) in [5.41, 5.74) is 10.7. The Hall–Kier alpha value is -1.36. The SMILES string of the molecule is CS(=O)(=O)c1c(N2CC(O)C(O)C2)sc(C(N)=O)c1N. The van der Waals surface area contributed by atoms with Crippen LogP contribution in [0.15, 0.2) is 4.90 Å². The molecule has 2 unspecified atom stereocenters. The molecule has 0 saturated carbocycles. The Balaban J connectivity index is 2.58. The van der Waals surface area contributed by atoms with Gasteiger partial charge >= 0.3 is 0 Å². The van der Waals surface area contributed by atoms with Crippen LogP contribution in [0, 0.1) is 0 Å². The molecule has 0 bridgehead atoms. The van der Waals surface area contributed by atoms with Crippen molar-refractivity contribution < 1.29 is 23.4 Å². The number of β-amino-alcohol motifs (C(OH)–C–C–N with tert-alkyl or cyclic N) is 2. The molecule has 0 spiro atoms. The third-order valence-corrected chi connectivity index (χ3v) is 5.59. The number of aliphatic hydroxyl groups excluding tert-OH is 2. The van der Waals surface area contributed by atoms with Gasteiger partial charge in [0.2, 0.25) is 0 Å². The Morgan fingerprint density at radius 2 is 1.85 bits per heavy atom. The molecule has 1 fully saturated rings. The molecule has 20 heavy (non-hydrogen) atoms. The van der Waals surface area contributed by atoms with Crippen LogP contribution in [0.4, 0.5) is 10.7 Å². The van der Waals surface area contributed by atoms with Crippen molar-refractivity contribution in [3.05, 3.63) is 4.88 Å². The first-order valence-corrected chi connectivity index (χ1v) is 8.37. The number of nitrogens with two attached hydrogens (primary N) is 2. The van der Waals surface area contributed by atoms with Gasteiger partial charge in [-0.25, -0.2) is 8.42 Å². The van der Waals surface area contributed by atoms with Crippen molar-refractivity contribution >= 4 is 37.8 Å². The number of amides is 1. The molecule has 1 aromatic rings. The van der Waals surface area contributed by atoms with Crippen molar-refractivity contribution in [2.24, 2.45) is 5.73 Å². The Morgan fingerprint density at radius 1 is 1.35 bits per heavy atom. The van der Waals surface area contributed by atoms with Crippen LogP contribution in [0.25, 0.3) is 0 Å². The number of carbonyl (C=O) groups is 1. The average Bonchev–Trinajstić information content (AvgIpc) is 2.79. The van der Waals surface area contributed by atoms with Gasteiger partial charge in [-0.1, -0.05) is 0 Å². The first kappa shape index (κ1) is 15.0. The lowest BCUT2D eigenvalue weighted by Crippen LogP contribution is -2.22. The predicted octanol–water partition coefficient (Wildman–Crippen LogP) is -1.63. The quantitative estimate of drug-likeness (QED) is 0.523. The van der Waals surface area contributed by atoms with E-state index in [1.807, 2.05) is 0 Å². The zero-order valence-electron chi connectivity index (χ0n) is 10.6. The van der Waals surface area contributed by atoms with Gasteiger partial charge in [-0.3, -0.25) is 4.79 Å². The summed E-state index contributed by atoms with van der Waals surface area (Å²) in [6, 6.07) is 0. The third kappa shape index (κ3) is 2.46. The first-order chi connectivity index (χ1) is 9.12. The maximum Gasteiger partial charge on any atom is 0.261 e. The molecular formula is C10H15N3O5S2. The minimum absolute atomic E-state index is 0.0451. The minimum atomic E-state index is -3.68. The van der Waals surface area contributed by atoms with E-state index in [0.29, 0.717) is 0 Å². The van der Waals surface area contributed by atoms with Crippen LogP contribution in [0.1, 0.15) is 9.67 Å². The van der Waals surface area contributed by atoms with E-state index in [-0.39, 0.29) is 33.6 Å². The molecule has 10 heteroatoms. The summed E-state index contributed by atoms with van der Waals surface area (Å²) in [7, 11) is -3.68. The summed E-state index contributed by atoms with van der Waals surface area (Å²) in [5.74, 6) is -0.816. The molecule has 1 saturated heterocycles. The Kier molecular flexibility index (Phi) is 3.67.